The Labute approximate surface area is 118 Å². The zero-order chi connectivity index (χ0) is 13.9. The van der Waals surface area contributed by atoms with Crippen molar-refractivity contribution in [1.82, 2.24) is 19.6 Å². The molecule has 0 spiro atoms. The number of likely N-dealkylation sites (tertiary alicyclic amines) is 1. The number of imidazole rings is 1. The molecule has 3 rings (SSSR count). The number of pyridine rings is 1. The number of fused-ring (bicyclic) bond motifs is 1. The predicted molar refractivity (Wildman–Crippen MR) is 77.9 cm³/mol. The summed E-state index contributed by atoms with van der Waals surface area (Å²) in [5.74, 6) is -0.0905. The van der Waals surface area contributed by atoms with Gasteiger partial charge in [0.2, 0.25) is 0 Å². The molecule has 0 radical (unpaired) electrons. The largest absolute Gasteiger partial charge is 0.349 e. The zero-order valence-corrected chi connectivity index (χ0v) is 11.8. The lowest BCUT2D eigenvalue weighted by atomic mass is 10.3. The Morgan fingerprint density at radius 2 is 2.20 bits per heavy atom. The van der Waals surface area contributed by atoms with Crippen LogP contribution in [0.15, 0.2) is 24.5 Å². The third-order valence-electron chi connectivity index (χ3n) is 3.82. The summed E-state index contributed by atoms with van der Waals surface area (Å²) < 4.78 is 1.89. The highest BCUT2D eigenvalue weighted by atomic mass is 16.1. The van der Waals surface area contributed by atoms with Crippen molar-refractivity contribution in [3.63, 3.8) is 0 Å². The molecule has 1 fully saturated rings. The van der Waals surface area contributed by atoms with E-state index in [1.54, 1.807) is 6.20 Å². The molecule has 20 heavy (non-hydrogen) atoms. The van der Waals surface area contributed by atoms with Gasteiger partial charge in [0.25, 0.3) is 5.91 Å². The van der Waals surface area contributed by atoms with E-state index < -0.39 is 0 Å². The molecule has 0 unspecified atom stereocenters. The van der Waals surface area contributed by atoms with Crippen molar-refractivity contribution in [3.8, 4) is 0 Å². The number of rotatable bonds is 4. The molecule has 2 aromatic heterocycles. The Kier molecular flexibility index (Phi) is 3.69. The minimum atomic E-state index is -0.0905. The number of hydrogen-bond acceptors (Lipinski definition) is 3. The van der Waals surface area contributed by atoms with Crippen LogP contribution in [0.4, 0.5) is 0 Å². The molecule has 5 nitrogen and oxygen atoms in total. The smallest absolute Gasteiger partial charge is 0.271 e. The summed E-state index contributed by atoms with van der Waals surface area (Å²) in [7, 11) is 0. The monoisotopic (exact) mass is 272 g/mol. The van der Waals surface area contributed by atoms with Crippen LogP contribution in [0.1, 0.15) is 28.9 Å². The normalized spacial score (nSPS) is 15.8. The van der Waals surface area contributed by atoms with E-state index in [0.29, 0.717) is 12.2 Å². The lowest BCUT2D eigenvalue weighted by molar-refractivity contribution is 0.0945. The van der Waals surface area contributed by atoms with Gasteiger partial charge in [-0.1, -0.05) is 6.07 Å². The van der Waals surface area contributed by atoms with Gasteiger partial charge < -0.3 is 14.6 Å². The van der Waals surface area contributed by atoms with Gasteiger partial charge in [-0.25, -0.2) is 4.98 Å². The third kappa shape index (κ3) is 2.67. The van der Waals surface area contributed by atoms with Crippen molar-refractivity contribution in [2.45, 2.75) is 19.8 Å². The molecule has 0 aromatic carbocycles. The summed E-state index contributed by atoms with van der Waals surface area (Å²) in [6.45, 7) is 5.92. The van der Waals surface area contributed by atoms with Gasteiger partial charge in [-0.15, -0.1) is 0 Å². The highest BCUT2D eigenvalue weighted by Gasteiger charge is 2.13. The summed E-state index contributed by atoms with van der Waals surface area (Å²) in [6.07, 6.45) is 6.25. The molecular weight excluding hydrogens is 252 g/mol. The Morgan fingerprint density at radius 3 is 2.95 bits per heavy atom. The number of amides is 1. The van der Waals surface area contributed by atoms with Gasteiger partial charge in [0.05, 0.1) is 0 Å². The zero-order valence-electron chi connectivity index (χ0n) is 11.8. The van der Waals surface area contributed by atoms with Gasteiger partial charge in [-0.05, 0) is 44.5 Å². The van der Waals surface area contributed by atoms with Crippen LogP contribution in [0.3, 0.4) is 0 Å². The van der Waals surface area contributed by atoms with Crippen LogP contribution in [0, 0.1) is 6.92 Å². The third-order valence-corrected chi connectivity index (χ3v) is 3.82. The minimum absolute atomic E-state index is 0.0905. The van der Waals surface area contributed by atoms with Crippen LogP contribution in [-0.2, 0) is 0 Å². The first kappa shape index (κ1) is 13.1. The number of carbonyl (C=O) groups is 1. The van der Waals surface area contributed by atoms with E-state index in [9.17, 15) is 4.79 Å². The number of hydrogen-bond donors (Lipinski definition) is 1. The van der Waals surface area contributed by atoms with Crippen LogP contribution in [0.2, 0.25) is 0 Å². The van der Waals surface area contributed by atoms with Gasteiger partial charge in [-0.3, -0.25) is 4.79 Å². The van der Waals surface area contributed by atoms with Crippen LogP contribution in [-0.4, -0.2) is 46.4 Å². The lowest BCUT2D eigenvalue weighted by Gasteiger charge is -2.14. The molecule has 0 atom stereocenters. The summed E-state index contributed by atoms with van der Waals surface area (Å²) in [6, 6.07) is 3.95. The van der Waals surface area contributed by atoms with Crippen LogP contribution in [0.5, 0.6) is 0 Å². The topological polar surface area (TPSA) is 49.6 Å². The molecule has 106 valence electrons. The SMILES string of the molecule is Cc1cccn2cc(C(=O)NCCN3CCCC3)nc12. The van der Waals surface area contributed by atoms with Gasteiger partial charge in [0, 0.05) is 25.5 Å². The molecule has 1 saturated heterocycles. The molecule has 0 bridgehead atoms. The Morgan fingerprint density at radius 1 is 1.40 bits per heavy atom. The van der Waals surface area contributed by atoms with E-state index in [2.05, 4.69) is 15.2 Å². The Bertz CT molecular complexity index is 613. The molecule has 1 amide bonds. The first-order chi connectivity index (χ1) is 9.74. The number of carbonyl (C=O) groups excluding carboxylic acids is 1. The molecule has 1 N–H and O–H groups in total. The first-order valence-electron chi connectivity index (χ1n) is 7.19. The lowest BCUT2D eigenvalue weighted by Crippen LogP contribution is -2.33. The van der Waals surface area contributed by atoms with E-state index >= 15 is 0 Å². The van der Waals surface area contributed by atoms with Crippen LogP contribution >= 0.6 is 0 Å². The van der Waals surface area contributed by atoms with Gasteiger partial charge in [-0.2, -0.15) is 0 Å². The summed E-state index contributed by atoms with van der Waals surface area (Å²) in [5, 5.41) is 2.95. The molecule has 0 aliphatic carbocycles. The van der Waals surface area contributed by atoms with Crippen molar-refractivity contribution in [3.05, 3.63) is 35.8 Å². The van der Waals surface area contributed by atoms with E-state index in [0.717, 1.165) is 30.8 Å². The number of nitrogens with one attached hydrogen (secondary N) is 1. The first-order valence-corrected chi connectivity index (χ1v) is 7.19. The maximum atomic E-state index is 12.1. The predicted octanol–water partition coefficient (Wildman–Crippen LogP) is 1.47. The average Bonchev–Trinajstić information content (AvgIpc) is 3.07. The number of nitrogens with zero attached hydrogens (tertiary/aromatic N) is 3. The van der Waals surface area contributed by atoms with E-state index in [-0.39, 0.29) is 5.91 Å². The van der Waals surface area contributed by atoms with Crippen molar-refractivity contribution < 1.29 is 4.79 Å². The van der Waals surface area contributed by atoms with Crippen molar-refractivity contribution in [1.29, 1.82) is 0 Å². The molecule has 1 aliphatic rings. The average molecular weight is 272 g/mol. The molecule has 2 aromatic rings. The second-order valence-electron chi connectivity index (χ2n) is 5.35. The molecule has 1 aliphatic heterocycles. The Hall–Kier alpha value is -1.88. The molecule has 0 saturated carbocycles. The van der Waals surface area contributed by atoms with E-state index in [1.165, 1.54) is 12.8 Å². The maximum absolute atomic E-state index is 12.1. The van der Waals surface area contributed by atoms with Crippen LogP contribution in [0.25, 0.3) is 5.65 Å². The molecule has 5 heteroatoms. The minimum Gasteiger partial charge on any atom is -0.349 e. The van der Waals surface area contributed by atoms with Gasteiger partial charge in [0.15, 0.2) is 0 Å². The van der Waals surface area contributed by atoms with Crippen molar-refractivity contribution in [2.75, 3.05) is 26.2 Å². The number of aromatic nitrogens is 2. The fraction of sp³-hybridized carbons (Fsp3) is 0.467. The Balaban J connectivity index is 1.61. The molecular formula is C15H20N4O. The highest BCUT2D eigenvalue weighted by Crippen LogP contribution is 2.10. The fourth-order valence-electron chi connectivity index (χ4n) is 2.69. The van der Waals surface area contributed by atoms with E-state index in [1.807, 2.05) is 29.7 Å². The number of aryl methyl sites for hydroxylation is 1. The summed E-state index contributed by atoms with van der Waals surface area (Å²) in [4.78, 5) is 18.9. The van der Waals surface area contributed by atoms with Crippen molar-refractivity contribution >= 4 is 11.6 Å². The van der Waals surface area contributed by atoms with Crippen LogP contribution < -0.4 is 5.32 Å². The fourth-order valence-corrected chi connectivity index (χ4v) is 2.69. The second-order valence-corrected chi connectivity index (χ2v) is 5.35. The maximum Gasteiger partial charge on any atom is 0.271 e. The standard InChI is InChI=1S/C15H20N4O/c1-12-5-4-9-19-11-13(17-14(12)19)15(20)16-6-10-18-7-2-3-8-18/h4-5,9,11H,2-3,6-8,10H2,1H3,(H,16,20). The second kappa shape index (κ2) is 5.63. The highest BCUT2D eigenvalue weighted by molar-refractivity contribution is 5.92. The molecule has 3 heterocycles. The van der Waals surface area contributed by atoms with Crippen molar-refractivity contribution in [2.24, 2.45) is 0 Å². The summed E-state index contributed by atoms with van der Waals surface area (Å²) in [5.41, 5.74) is 2.40. The summed E-state index contributed by atoms with van der Waals surface area (Å²) >= 11 is 0. The van der Waals surface area contributed by atoms with Gasteiger partial charge in [0.1, 0.15) is 11.3 Å². The quantitative estimate of drug-likeness (QED) is 0.917. The van der Waals surface area contributed by atoms with Gasteiger partial charge >= 0.3 is 0 Å². The van der Waals surface area contributed by atoms with E-state index in [4.69, 9.17) is 0 Å².